The molecule has 1 aromatic heterocycles. The molecule has 0 radical (unpaired) electrons. The van der Waals surface area contributed by atoms with Gasteiger partial charge in [-0.25, -0.2) is 14.4 Å². The standard InChI is InChI=1S/C30H34FN5O2/c1-19-6-7-22(14-25(19)21-8-10-27-23(13-21)16-33-30(32-2)35-27)29(37)34-24-9-11-28(26(31)15-24)38-18-20-5-4-12-36(3)17-20/h7-11,13-16,19-20H,4-6,12,17-18H2,1-3H3,(H,34,37)(H,32,33,35)/t19-,20?/m0/s1. The Kier molecular flexibility index (Phi) is 7.69. The van der Waals surface area contributed by atoms with Gasteiger partial charge < -0.3 is 20.3 Å². The maximum atomic E-state index is 14.8. The van der Waals surface area contributed by atoms with E-state index in [0.29, 0.717) is 29.7 Å². The summed E-state index contributed by atoms with van der Waals surface area (Å²) >= 11 is 0. The first kappa shape index (κ1) is 25.9. The lowest BCUT2D eigenvalue weighted by Crippen LogP contribution is -2.34. The summed E-state index contributed by atoms with van der Waals surface area (Å²) < 4.78 is 20.5. The van der Waals surface area contributed by atoms with Gasteiger partial charge in [0, 0.05) is 48.4 Å². The number of amides is 1. The zero-order chi connectivity index (χ0) is 26.6. The normalized spacial score (nSPS) is 20.0. The number of rotatable bonds is 7. The molecular weight excluding hydrogens is 481 g/mol. The number of anilines is 2. The third-order valence-corrected chi connectivity index (χ3v) is 7.32. The summed E-state index contributed by atoms with van der Waals surface area (Å²) in [5.74, 6) is 0.691. The van der Waals surface area contributed by atoms with Crippen molar-refractivity contribution in [3.05, 3.63) is 71.7 Å². The smallest absolute Gasteiger partial charge is 0.255 e. The lowest BCUT2D eigenvalue weighted by atomic mass is 9.85. The molecule has 1 aliphatic heterocycles. The Morgan fingerprint density at radius 1 is 1.24 bits per heavy atom. The lowest BCUT2D eigenvalue weighted by Gasteiger charge is -2.29. The molecule has 0 bridgehead atoms. The van der Waals surface area contributed by atoms with Crippen molar-refractivity contribution in [2.75, 3.05) is 44.4 Å². The van der Waals surface area contributed by atoms with Crippen LogP contribution in [0.1, 0.15) is 31.7 Å². The van der Waals surface area contributed by atoms with Crippen molar-refractivity contribution in [3.63, 3.8) is 0 Å². The summed E-state index contributed by atoms with van der Waals surface area (Å²) in [6, 6.07) is 10.6. The van der Waals surface area contributed by atoms with Gasteiger partial charge >= 0.3 is 0 Å². The van der Waals surface area contributed by atoms with Crippen LogP contribution in [0.3, 0.4) is 0 Å². The molecule has 1 saturated heterocycles. The van der Waals surface area contributed by atoms with Crippen molar-refractivity contribution in [3.8, 4) is 5.75 Å². The number of fused-ring (bicyclic) bond motifs is 1. The van der Waals surface area contributed by atoms with Crippen LogP contribution in [0.15, 0.2) is 60.3 Å². The summed E-state index contributed by atoms with van der Waals surface area (Å²) in [5, 5.41) is 6.73. The molecule has 2 aliphatic rings. The molecule has 38 heavy (non-hydrogen) atoms. The molecule has 1 fully saturated rings. The fraction of sp³-hybridized carbons (Fsp3) is 0.367. The Hall–Kier alpha value is -3.78. The van der Waals surface area contributed by atoms with E-state index in [-0.39, 0.29) is 17.6 Å². The van der Waals surface area contributed by atoms with E-state index in [0.717, 1.165) is 54.4 Å². The molecule has 2 heterocycles. The van der Waals surface area contributed by atoms with Crippen LogP contribution in [0.2, 0.25) is 0 Å². The molecule has 0 saturated carbocycles. The second-order valence-corrected chi connectivity index (χ2v) is 10.3. The van der Waals surface area contributed by atoms with E-state index in [1.807, 2.05) is 24.3 Å². The van der Waals surface area contributed by atoms with Crippen LogP contribution in [-0.2, 0) is 4.79 Å². The topological polar surface area (TPSA) is 79.4 Å². The molecule has 198 valence electrons. The molecule has 1 aliphatic carbocycles. The number of allylic oxidation sites excluding steroid dienone is 2. The Morgan fingerprint density at radius 3 is 2.89 bits per heavy atom. The van der Waals surface area contributed by atoms with Gasteiger partial charge in [0.05, 0.1) is 12.1 Å². The SMILES string of the molecule is CNc1ncc2cc(C3=CC(C(=O)Nc4ccc(OCC5CCCN(C)C5)c(F)c4)=CC[C@@H]3C)ccc2n1. The third-order valence-electron chi connectivity index (χ3n) is 7.32. The maximum Gasteiger partial charge on any atom is 0.255 e. The van der Waals surface area contributed by atoms with Gasteiger partial charge in [0.1, 0.15) is 0 Å². The van der Waals surface area contributed by atoms with Crippen LogP contribution in [-0.4, -0.2) is 54.6 Å². The quantitative estimate of drug-likeness (QED) is 0.431. The number of nitrogens with one attached hydrogen (secondary N) is 2. The molecule has 8 heteroatoms. The number of hydrogen-bond donors (Lipinski definition) is 2. The average molecular weight is 516 g/mol. The predicted octanol–water partition coefficient (Wildman–Crippen LogP) is 5.52. The molecule has 2 atom stereocenters. The summed E-state index contributed by atoms with van der Waals surface area (Å²) in [6.45, 7) is 4.69. The van der Waals surface area contributed by atoms with Crippen molar-refractivity contribution in [2.45, 2.75) is 26.2 Å². The highest BCUT2D eigenvalue weighted by Gasteiger charge is 2.21. The maximum absolute atomic E-state index is 14.8. The highest BCUT2D eigenvalue weighted by molar-refractivity contribution is 6.07. The number of ether oxygens (including phenoxy) is 1. The van der Waals surface area contributed by atoms with Gasteiger partial charge in [-0.15, -0.1) is 0 Å². The number of benzene rings is 2. The fourth-order valence-corrected chi connectivity index (χ4v) is 5.17. The highest BCUT2D eigenvalue weighted by atomic mass is 19.1. The summed E-state index contributed by atoms with van der Waals surface area (Å²) in [6.07, 6.45) is 8.61. The van der Waals surface area contributed by atoms with Gasteiger partial charge in [-0.05, 0) is 80.3 Å². The number of nitrogens with zero attached hydrogens (tertiary/aromatic N) is 3. The van der Waals surface area contributed by atoms with E-state index >= 15 is 0 Å². The number of likely N-dealkylation sites (tertiary alicyclic amines) is 1. The second kappa shape index (κ2) is 11.3. The van der Waals surface area contributed by atoms with Gasteiger partial charge in [-0.3, -0.25) is 4.79 Å². The van der Waals surface area contributed by atoms with Crippen molar-refractivity contribution < 1.29 is 13.9 Å². The zero-order valence-electron chi connectivity index (χ0n) is 22.1. The Morgan fingerprint density at radius 2 is 2.11 bits per heavy atom. The molecule has 1 amide bonds. The monoisotopic (exact) mass is 515 g/mol. The first-order valence-electron chi connectivity index (χ1n) is 13.2. The minimum Gasteiger partial charge on any atom is -0.490 e. The van der Waals surface area contributed by atoms with Gasteiger partial charge in [0.25, 0.3) is 5.91 Å². The van der Waals surface area contributed by atoms with Crippen molar-refractivity contribution in [1.82, 2.24) is 14.9 Å². The number of hydrogen-bond acceptors (Lipinski definition) is 6. The van der Waals surface area contributed by atoms with Crippen LogP contribution in [0.4, 0.5) is 16.0 Å². The van der Waals surface area contributed by atoms with E-state index in [1.165, 1.54) is 6.07 Å². The van der Waals surface area contributed by atoms with Gasteiger partial charge in [0.2, 0.25) is 5.95 Å². The minimum absolute atomic E-state index is 0.214. The Bertz CT molecular complexity index is 1400. The van der Waals surface area contributed by atoms with E-state index in [9.17, 15) is 9.18 Å². The van der Waals surface area contributed by atoms with Gasteiger partial charge in [-0.2, -0.15) is 0 Å². The van der Waals surface area contributed by atoms with E-state index in [2.05, 4.69) is 45.5 Å². The molecular formula is C30H34FN5O2. The Balaban J connectivity index is 1.26. The molecule has 3 aromatic rings. The lowest BCUT2D eigenvalue weighted by molar-refractivity contribution is -0.112. The number of aromatic nitrogens is 2. The highest BCUT2D eigenvalue weighted by Crippen LogP contribution is 2.33. The summed E-state index contributed by atoms with van der Waals surface area (Å²) in [7, 11) is 3.89. The number of halogens is 1. The van der Waals surface area contributed by atoms with Gasteiger partial charge in [0.15, 0.2) is 11.6 Å². The van der Waals surface area contributed by atoms with Crippen molar-refractivity contribution >= 4 is 34.0 Å². The van der Waals surface area contributed by atoms with Crippen molar-refractivity contribution in [1.29, 1.82) is 0 Å². The van der Waals surface area contributed by atoms with E-state index in [1.54, 1.807) is 25.4 Å². The molecule has 1 unspecified atom stereocenters. The van der Waals surface area contributed by atoms with Crippen LogP contribution >= 0.6 is 0 Å². The fourth-order valence-electron chi connectivity index (χ4n) is 5.17. The molecule has 5 rings (SSSR count). The molecule has 2 aromatic carbocycles. The molecule has 0 spiro atoms. The van der Waals surface area contributed by atoms with Crippen molar-refractivity contribution in [2.24, 2.45) is 11.8 Å². The van der Waals surface area contributed by atoms with Crippen LogP contribution < -0.4 is 15.4 Å². The first-order chi connectivity index (χ1) is 18.4. The van der Waals surface area contributed by atoms with Gasteiger partial charge in [-0.1, -0.05) is 19.1 Å². The number of carbonyl (C=O) groups excluding carboxylic acids is 1. The van der Waals surface area contributed by atoms with Crippen LogP contribution in [0, 0.1) is 17.7 Å². The molecule has 7 nitrogen and oxygen atoms in total. The second-order valence-electron chi connectivity index (χ2n) is 10.3. The Labute approximate surface area is 222 Å². The third kappa shape index (κ3) is 5.86. The first-order valence-corrected chi connectivity index (χ1v) is 13.2. The predicted molar refractivity (Wildman–Crippen MR) is 150 cm³/mol. The van der Waals surface area contributed by atoms with E-state index in [4.69, 9.17) is 4.74 Å². The summed E-state index contributed by atoms with van der Waals surface area (Å²) in [4.78, 5) is 24.2. The largest absolute Gasteiger partial charge is 0.490 e. The summed E-state index contributed by atoms with van der Waals surface area (Å²) in [5.41, 5.74) is 3.91. The van der Waals surface area contributed by atoms with Crippen LogP contribution in [0.25, 0.3) is 16.5 Å². The number of piperidine rings is 1. The minimum atomic E-state index is -0.478. The molecule has 2 N–H and O–H groups in total. The number of carbonyl (C=O) groups is 1. The van der Waals surface area contributed by atoms with E-state index < -0.39 is 5.82 Å². The average Bonchev–Trinajstić information content (AvgIpc) is 2.92. The van der Waals surface area contributed by atoms with Crippen LogP contribution in [0.5, 0.6) is 5.75 Å². The zero-order valence-corrected chi connectivity index (χ0v) is 22.1.